The molecule has 0 aliphatic heterocycles. The first-order chi connectivity index (χ1) is 5.81. The standard InChI is InChI=1S/C10H11IO/c1-7-5-9-6-8(3-2-4-11)10(7)12-9/h5-6H,2-4H2,1H3. The third-order valence-electron chi connectivity index (χ3n) is 2.12. The zero-order valence-corrected chi connectivity index (χ0v) is 9.22. The van der Waals surface area contributed by atoms with Gasteiger partial charge in [0.1, 0.15) is 11.2 Å². The number of benzene rings is 1. The van der Waals surface area contributed by atoms with Crippen LogP contribution < -0.4 is 0 Å². The second-order valence-electron chi connectivity index (χ2n) is 3.12. The minimum Gasteiger partial charge on any atom is -0.457 e. The molecule has 0 unspecified atom stereocenters. The topological polar surface area (TPSA) is 13.1 Å². The lowest BCUT2D eigenvalue weighted by Gasteiger charge is -1.95. The van der Waals surface area contributed by atoms with Crippen LogP contribution in [-0.2, 0) is 6.42 Å². The van der Waals surface area contributed by atoms with E-state index in [1.54, 1.807) is 0 Å². The van der Waals surface area contributed by atoms with E-state index in [1.165, 1.54) is 22.0 Å². The van der Waals surface area contributed by atoms with Crippen molar-refractivity contribution in [2.24, 2.45) is 0 Å². The van der Waals surface area contributed by atoms with Crippen molar-refractivity contribution in [2.45, 2.75) is 19.8 Å². The number of halogens is 1. The molecule has 2 heterocycles. The van der Waals surface area contributed by atoms with Gasteiger partial charge in [-0.2, -0.15) is 0 Å². The van der Waals surface area contributed by atoms with Gasteiger partial charge in [0.15, 0.2) is 0 Å². The Morgan fingerprint density at radius 2 is 2.25 bits per heavy atom. The van der Waals surface area contributed by atoms with Crippen LogP contribution in [0, 0.1) is 6.92 Å². The molecule has 0 N–H and O–H groups in total. The van der Waals surface area contributed by atoms with E-state index in [-0.39, 0.29) is 0 Å². The second kappa shape index (κ2) is 3.24. The normalized spacial score (nSPS) is 11.5. The number of rotatable bonds is 3. The molecule has 0 radical (unpaired) electrons. The Morgan fingerprint density at radius 1 is 1.42 bits per heavy atom. The molecule has 2 bridgehead atoms. The summed E-state index contributed by atoms with van der Waals surface area (Å²) >= 11 is 2.41. The Balaban J connectivity index is 2.27. The molecule has 0 aromatic carbocycles. The van der Waals surface area contributed by atoms with Crippen LogP contribution in [0.2, 0.25) is 0 Å². The van der Waals surface area contributed by atoms with Gasteiger partial charge in [-0.1, -0.05) is 22.6 Å². The number of furan rings is 2. The fraction of sp³-hybridized carbons (Fsp3) is 0.400. The third-order valence-corrected chi connectivity index (χ3v) is 2.89. The summed E-state index contributed by atoms with van der Waals surface area (Å²) in [5, 5.41) is 0. The van der Waals surface area contributed by atoms with E-state index in [1.807, 2.05) is 0 Å². The van der Waals surface area contributed by atoms with E-state index < -0.39 is 0 Å². The molecule has 64 valence electrons. The van der Waals surface area contributed by atoms with Gasteiger partial charge in [0.25, 0.3) is 0 Å². The molecule has 0 saturated heterocycles. The van der Waals surface area contributed by atoms with Crippen molar-refractivity contribution in [3.63, 3.8) is 0 Å². The summed E-state index contributed by atoms with van der Waals surface area (Å²) in [6.45, 7) is 2.11. The van der Waals surface area contributed by atoms with Gasteiger partial charge >= 0.3 is 0 Å². The fourth-order valence-corrected chi connectivity index (χ4v) is 1.96. The van der Waals surface area contributed by atoms with Crippen molar-refractivity contribution < 1.29 is 4.42 Å². The number of aryl methyl sites for hydroxylation is 2. The van der Waals surface area contributed by atoms with Crippen LogP contribution in [0.4, 0.5) is 0 Å². The van der Waals surface area contributed by atoms with Crippen LogP contribution in [-0.4, -0.2) is 4.43 Å². The van der Waals surface area contributed by atoms with Crippen molar-refractivity contribution in [2.75, 3.05) is 4.43 Å². The van der Waals surface area contributed by atoms with Gasteiger partial charge in [-0.25, -0.2) is 0 Å². The summed E-state index contributed by atoms with van der Waals surface area (Å²) in [6, 6.07) is 4.26. The zero-order chi connectivity index (χ0) is 8.55. The first-order valence-electron chi connectivity index (χ1n) is 4.18. The molecule has 0 fully saturated rings. The molecule has 2 aromatic rings. The van der Waals surface area contributed by atoms with E-state index in [2.05, 4.69) is 41.6 Å². The summed E-state index contributed by atoms with van der Waals surface area (Å²) in [4.78, 5) is 0. The van der Waals surface area contributed by atoms with Crippen LogP contribution in [0.3, 0.4) is 0 Å². The third kappa shape index (κ3) is 1.32. The van der Waals surface area contributed by atoms with Gasteiger partial charge in [-0.05, 0) is 47.5 Å². The van der Waals surface area contributed by atoms with Crippen molar-refractivity contribution in [3.8, 4) is 0 Å². The SMILES string of the molecule is Cc1cc2cc(CCCI)c1o2. The minimum absolute atomic E-state index is 1.03. The van der Waals surface area contributed by atoms with Crippen molar-refractivity contribution >= 4 is 33.8 Å². The molecule has 2 heteroatoms. The van der Waals surface area contributed by atoms with Gasteiger partial charge in [0.2, 0.25) is 0 Å². The highest BCUT2D eigenvalue weighted by Crippen LogP contribution is 2.27. The lowest BCUT2D eigenvalue weighted by molar-refractivity contribution is 0.670. The predicted octanol–water partition coefficient (Wildman–Crippen LogP) is 3.55. The highest BCUT2D eigenvalue weighted by atomic mass is 127. The van der Waals surface area contributed by atoms with E-state index in [0.717, 1.165) is 17.6 Å². The van der Waals surface area contributed by atoms with Gasteiger partial charge < -0.3 is 4.42 Å². The quantitative estimate of drug-likeness (QED) is 0.616. The number of alkyl halides is 1. The summed E-state index contributed by atoms with van der Waals surface area (Å²) in [6.07, 6.45) is 2.41. The van der Waals surface area contributed by atoms with Crippen LogP contribution in [0.5, 0.6) is 0 Å². The number of fused-ring (bicyclic) bond motifs is 2. The molecule has 12 heavy (non-hydrogen) atoms. The molecular weight excluding hydrogens is 263 g/mol. The molecular formula is C10H11IO. The zero-order valence-electron chi connectivity index (χ0n) is 7.06. The second-order valence-corrected chi connectivity index (χ2v) is 4.20. The molecule has 1 nitrogen and oxygen atoms in total. The first kappa shape index (κ1) is 8.35. The van der Waals surface area contributed by atoms with E-state index >= 15 is 0 Å². The summed E-state index contributed by atoms with van der Waals surface area (Å²) in [7, 11) is 0. The molecule has 0 aliphatic carbocycles. The molecule has 2 aromatic heterocycles. The number of hydrogen-bond donors (Lipinski definition) is 0. The van der Waals surface area contributed by atoms with Gasteiger partial charge in [0.05, 0.1) is 0 Å². The molecule has 2 rings (SSSR count). The van der Waals surface area contributed by atoms with Crippen LogP contribution >= 0.6 is 22.6 Å². The largest absolute Gasteiger partial charge is 0.457 e. The molecule has 0 aliphatic rings. The van der Waals surface area contributed by atoms with Crippen molar-refractivity contribution in [1.82, 2.24) is 0 Å². The van der Waals surface area contributed by atoms with Gasteiger partial charge in [0, 0.05) is 0 Å². The van der Waals surface area contributed by atoms with Crippen LogP contribution in [0.1, 0.15) is 17.5 Å². The van der Waals surface area contributed by atoms with E-state index in [4.69, 9.17) is 4.42 Å². The predicted molar refractivity (Wildman–Crippen MR) is 59.3 cm³/mol. The maximum absolute atomic E-state index is 5.54. The Morgan fingerprint density at radius 3 is 2.83 bits per heavy atom. The lowest BCUT2D eigenvalue weighted by Crippen LogP contribution is -1.85. The smallest absolute Gasteiger partial charge is 0.133 e. The minimum atomic E-state index is 1.03. The highest BCUT2D eigenvalue weighted by molar-refractivity contribution is 14.1. The Kier molecular flexibility index (Phi) is 2.26. The Labute approximate surface area is 85.6 Å². The van der Waals surface area contributed by atoms with Crippen molar-refractivity contribution in [3.05, 3.63) is 23.3 Å². The maximum Gasteiger partial charge on any atom is 0.133 e. The number of hydrogen-bond acceptors (Lipinski definition) is 1. The summed E-state index contributed by atoms with van der Waals surface area (Å²) in [5.74, 6) is 0. The van der Waals surface area contributed by atoms with E-state index in [9.17, 15) is 0 Å². The lowest BCUT2D eigenvalue weighted by atomic mass is 10.1. The average Bonchev–Trinajstić information content (AvgIpc) is 2.58. The van der Waals surface area contributed by atoms with Crippen LogP contribution in [0.25, 0.3) is 11.2 Å². The van der Waals surface area contributed by atoms with Gasteiger partial charge in [-0.3, -0.25) is 0 Å². The summed E-state index contributed by atoms with van der Waals surface area (Å²) < 4.78 is 6.76. The highest BCUT2D eigenvalue weighted by Gasteiger charge is 2.09. The molecule has 0 saturated carbocycles. The fourth-order valence-electron chi connectivity index (χ4n) is 1.58. The van der Waals surface area contributed by atoms with Crippen LogP contribution in [0.15, 0.2) is 16.5 Å². The molecule has 0 atom stereocenters. The average molecular weight is 274 g/mol. The molecule has 0 spiro atoms. The Hall–Kier alpha value is -0.250. The van der Waals surface area contributed by atoms with Gasteiger partial charge in [-0.15, -0.1) is 0 Å². The molecule has 0 amide bonds. The maximum atomic E-state index is 5.54. The summed E-state index contributed by atoms with van der Waals surface area (Å²) in [5.41, 5.74) is 4.83. The van der Waals surface area contributed by atoms with Crippen molar-refractivity contribution in [1.29, 1.82) is 0 Å². The monoisotopic (exact) mass is 274 g/mol. The first-order valence-corrected chi connectivity index (χ1v) is 5.71. The van der Waals surface area contributed by atoms with E-state index in [0.29, 0.717) is 0 Å². The Bertz CT molecular complexity index is 364.